The van der Waals surface area contributed by atoms with Gasteiger partial charge in [0.05, 0.1) is 19.1 Å². The van der Waals surface area contributed by atoms with Gasteiger partial charge in [0.2, 0.25) is 5.90 Å². The molecule has 0 saturated carbocycles. The summed E-state index contributed by atoms with van der Waals surface area (Å²) >= 11 is 0. The minimum absolute atomic E-state index is 0.0115. The van der Waals surface area contributed by atoms with Crippen molar-refractivity contribution in [3.63, 3.8) is 0 Å². The Morgan fingerprint density at radius 3 is 2.65 bits per heavy atom. The van der Waals surface area contributed by atoms with Gasteiger partial charge in [-0.05, 0) is 24.3 Å². The second-order valence-electron chi connectivity index (χ2n) is 5.25. The second kappa shape index (κ2) is 7.06. The molecule has 1 aliphatic heterocycles. The lowest BCUT2D eigenvalue weighted by Crippen LogP contribution is -2.05. The Hall–Kier alpha value is -3.68. The first-order chi connectivity index (χ1) is 12.5. The summed E-state index contributed by atoms with van der Waals surface area (Å²) in [5, 5.41) is 10.9. The van der Waals surface area contributed by atoms with E-state index >= 15 is 0 Å². The molecule has 0 amide bonds. The Balaban J connectivity index is 1.97. The highest BCUT2D eigenvalue weighted by Gasteiger charge is 2.25. The number of hydrogen-bond acceptors (Lipinski definition) is 7. The smallest absolute Gasteiger partial charge is 0.363 e. The molecule has 0 aliphatic carbocycles. The fourth-order valence-electron chi connectivity index (χ4n) is 2.37. The molecule has 0 radical (unpaired) electrons. The van der Waals surface area contributed by atoms with Crippen molar-refractivity contribution in [3.8, 4) is 11.5 Å². The summed E-state index contributed by atoms with van der Waals surface area (Å²) in [4.78, 5) is 26.6. The van der Waals surface area contributed by atoms with E-state index in [1.54, 1.807) is 24.3 Å². The minimum atomic E-state index is -0.649. The van der Waals surface area contributed by atoms with Crippen LogP contribution in [0.3, 0.4) is 0 Å². The summed E-state index contributed by atoms with van der Waals surface area (Å²) in [5.41, 5.74) is 0.910. The number of aliphatic imine (C=N–C) groups is 1. The lowest BCUT2D eigenvalue weighted by atomic mass is 10.1. The first-order valence-corrected chi connectivity index (χ1v) is 7.51. The molecule has 0 spiro atoms. The molecule has 0 aromatic heterocycles. The van der Waals surface area contributed by atoms with Crippen molar-refractivity contribution in [2.45, 2.75) is 0 Å². The van der Waals surface area contributed by atoms with Crippen LogP contribution in [0.2, 0.25) is 0 Å². The van der Waals surface area contributed by atoms with E-state index in [4.69, 9.17) is 14.2 Å². The van der Waals surface area contributed by atoms with Crippen LogP contribution in [0, 0.1) is 10.1 Å². The van der Waals surface area contributed by atoms with Crippen molar-refractivity contribution in [2.24, 2.45) is 4.99 Å². The molecule has 0 N–H and O–H groups in total. The fourth-order valence-corrected chi connectivity index (χ4v) is 2.37. The summed E-state index contributed by atoms with van der Waals surface area (Å²) in [5.74, 6) is 0.476. The third-order valence-corrected chi connectivity index (χ3v) is 3.66. The van der Waals surface area contributed by atoms with Gasteiger partial charge in [-0.15, -0.1) is 0 Å². The van der Waals surface area contributed by atoms with Crippen LogP contribution in [-0.4, -0.2) is 31.0 Å². The van der Waals surface area contributed by atoms with Crippen LogP contribution in [-0.2, 0) is 9.53 Å². The number of cyclic esters (lactones) is 1. The van der Waals surface area contributed by atoms with E-state index in [-0.39, 0.29) is 17.3 Å². The fraction of sp³-hybridized carbons (Fsp3) is 0.111. The summed E-state index contributed by atoms with van der Waals surface area (Å²) in [6.07, 6.45) is 1.52. The van der Waals surface area contributed by atoms with Crippen molar-refractivity contribution < 1.29 is 23.9 Å². The molecular weight excluding hydrogens is 340 g/mol. The highest BCUT2D eigenvalue weighted by molar-refractivity contribution is 6.13. The molecule has 1 aliphatic rings. The molecule has 0 fully saturated rings. The Morgan fingerprint density at radius 1 is 1.15 bits per heavy atom. The van der Waals surface area contributed by atoms with Crippen molar-refractivity contribution in [1.82, 2.24) is 0 Å². The number of carbonyl (C=O) groups excluding carboxylic acids is 1. The van der Waals surface area contributed by atoms with Crippen LogP contribution in [0.15, 0.2) is 53.2 Å². The average molecular weight is 354 g/mol. The van der Waals surface area contributed by atoms with E-state index in [0.29, 0.717) is 22.6 Å². The molecule has 132 valence electrons. The minimum Gasteiger partial charge on any atom is -0.497 e. The lowest BCUT2D eigenvalue weighted by molar-refractivity contribution is -0.384. The maximum atomic E-state index is 12.1. The van der Waals surface area contributed by atoms with Gasteiger partial charge < -0.3 is 14.2 Å². The van der Waals surface area contributed by atoms with Gasteiger partial charge >= 0.3 is 5.97 Å². The van der Waals surface area contributed by atoms with Gasteiger partial charge in [-0.3, -0.25) is 10.1 Å². The first kappa shape index (κ1) is 17.2. The molecule has 26 heavy (non-hydrogen) atoms. The molecule has 8 heteroatoms. The molecule has 0 bridgehead atoms. The van der Waals surface area contributed by atoms with Crippen LogP contribution >= 0.6 is 0 Å². The molecule has 2 aromatic rings. The number of ether oxygens (including phenoxy) is 3. The summed E-state index contributed by atoms with van der Waals surface area (Å²) < 4.78 is 15.6. The number of hydrogen-bond donors (Lipinski definition) is 0. The van der Waals surface area contributed by atoms with Gasteiger partial charge in [0, 0.05) is 29.3 Å². The summed E-state index contributed by atoms with van der Waals surface area (Å²) in [6.45, 7) is 0. The molecule has 8 nitrogen and oxygen atoms in total. The Bertz CT molecular complexity index is 948. The van der Waals surface area contributed by atoms with E-state index in [1.165, 1.54) is 38.5 Å². The number of nitro benzene ring substituents is 1. The van der Waals surface area contributed by atoms with Crippen molar-refractivity contribution in [2.75, 3.05) is 14.2 Å². The van der Waals surface area contributed by atoms with Crippen molar-refractivity contribution in [1.29, 1.82) is 0 Å². The van der Waals surface area contributed by atoms with Crippen LogP contribution in [0.4, 0.5) is 5.69 Å². The van der Waals surface area contributed by atoms with Crippen LogP contribution in [0.5, 0.6) is 11.5 Å². The Morgan fingerprint density at radius 2 is 1.96 bits per heavy atom. The second-order valence-corrected chi connectivity index (χ2v) is 5.25. The zero-order chi connectivity index (χ0) is 18.7. The number of benzene rings is 2. The number of non-ortho nitro benzene ring substituents is 1. The third kappa shape index (κ3) is 3.39. The predicted octanol–water partition coefficient (Wildman–Crippen LogP) is 2.96. The average Bonchev–Trinajstić information content (AvgIpc) is 3.02. The number of carbonyl (C=O) groups is 1. The van der Waals surface area contributed by atoms with Gasteiger partial charge in [0.15, 0.2) is 5.70 Å². The van der Waals surface area contributed by atoms with Gasteiger partial charge in [0.1, 0.15) is 11.5 Å². The number of methoxy groups -OCH3 is 2. The zero-order valence-corrected chi connectivity index (χ0v) is 14.0. The third-order valence-electron chi connectivity index (χ3n) is 3.66. The van der Waals surface area contributed by atoms with Crippen LogP contribution in [0.1, 0.15) is 11.1 Å². The van der Waals surface area contributed by atoms with Crippen LogP contribution in [0.25, 0.3) is 6.08 Å². The number of rotatable bonds is 5. The molecule has 0 saturated heterocycles. The highest BCUT2D eigenvalue weighted by Crippen LogP contribution is 2.28. The molecule has 0 atom stereocenters. The quantitative estimate of drug-likeness (QED) is 0.354. The molecule has 3 rings (SSSR count). The topological polar surface area (TPSA) is 100 Å². The van der Waals surface area contributed by atoms with Crippen molar-refractivity contribution >= 4 is 23.6 Å². The molecule has 1 heterocycles. The number of nitro groups is 1. The number of nitrogens with zero attached hydrogens (tertiary/aromatic N) is 2. The largest absolute Gasteiger partial charge is 0.497 e. The van der Waals surface area contributed by atoms with E-state index < -0.39 is 10.9 Å². The van der Waals surface area contributed by atoms with E-state index in [9.17, 15) is 14.9 Å². The van der Waals surface area contributed by atoms with E-state index in [2.05, 4.69) is 4.99 Å². The summed E-state index contributed by atoms with van der Waals surface area (Å²) in [7, 11) is 3.04. The maximum Gasteiger partial charge on any atom is 0.363 e. The first-order valence-electron chi connectivity index (χ1n) is 7.51. The Labute approximate surface area is 148 Å². The number of esters is 1. The normalized spacial score (nSPS) is 14.8. The molecule has 2 aromatic carbocycles. The lowest BCUT2D eigenvalue weighted by Gasteiger charge is -2.07. The Kier molecular flexibility index (Phi) is 4.66. The van der Waals surface area contributed by atoms with Crippen molar-refractivity contribution in [3.05, 3.63) is 69.4 Å². The monoisotopic (exact) mass is 354 g/mol. The van der Waals surface area contributed by atoms with E-state index in [1.807, 2.05) is 0 Å². The highest BCUT2D eigenvalue weighted by atomic mass is 16.6. The van der Waals surface area contributed by atoms with Crippen LogP contribution < -0.4 is 9.47 Å². The molecular formula is C18H14N2O6. The SMILES string of the molecule is COc1ccc(/C=C2/N=C(c3cccc([N+](=O)[O-])c3)OC2=O)c(OC)c1. The molecule has 0 unspecified atom stereocenters. The van der Waals surface area contributed by atoms with Gasteiger partial charge in [-0.2, -0.15) is 0 Å². The maximum absolute atomic E-state index is 12.1. The van der Waals surface area contributed by atoms with Gasteiger partial charge in [-0.25, -0.2) is 9.79 Å². The zero-order valence-electron chi connectivity index (χ0n) is 14.0. The standard InChI is InChI=1S/C18H14N2O6/c1-24-14-7-6-11(16(10-14)25-2)9-15-18(21)26-17(19-15)12-4-3-5-13(8-12)20(22)23/h3-10H,1-2H3/b15-9+. The van der Waals surface area contributed by atoms with Gasteiger partial charge in [-0.1, -0.05) is 6.07 Å². The van der Waals surface area contributed by atoms with E-state index in [0.717, 1.165) is 0 Å². The summed E-state index contributed by atoms with van der Waals surface area (Å²) in [6, 6.07) is 10.8. The predicted molar refractivity (Wildman–Crippen MR) is 93.2 cm³/mol. The van der Waals surface area contributed by atoms with Gasteiger partial charge in [0.25, 0.3) is 5.69 Å².